The number of nitrogens with zero attached hydrogens (tertiary/aromatic N) is 1. The van der Waals surface area contributed by atoms with E-state index in [9.17, 15) is 9.59 Å². The Morgan fingerprint density at radius 3 is 2.19 bits per heavy atom. The van der Waals surface area contributed by atoms with Gasteiger partial charge in [0.05, 0.1) is 0 Å². The second-order valence-corrected chi connectivity index (χ2v) is 9.95. The van der Waals surface area contributed by atoms with E-state index in [0.717, 1.165) is 53.1 Å². The van der Waals surface area contributed by atoms with Crippen LogP contribution in [-0.4, -0.2) is 11.6 Å². The summed E-state index contributed by atoms with van der Waals surface area (Å²) in [5.41, 5.74) is 7.04. The number of Topliss-reactive ketones (excluding diaryl/α,β-unsaturated/α-hetero) is 2. The molecule has 0 saturated heterocycles. The maximum atomic E-state index is 13.6. The molecule has 2 aliphatic carbocycles. The minimum absolute atomic E-state index is 0.0997. The molecule has 0 bridgehead atoms. The molecule has 2 aromatic rings. The van der Waals surface area contributed by atoms with Crippen molar-refractivity contribution in [3.8, 4) is 0 Å². The highest BCUT2D eigenvalue weighted by atomic mass is 16.1. The molecule has 0 fully saturated rings. The van der Waals surface area contributed by atoms with Crippen molar-refractivity contribution in [2.45, 2.75) is 58.8 Å². The van der Waals surface area contributed by atoms with E-state index in [0.29, 0.717) is 12.8 Å². The van der Waals surface area contributed by atoms with E-state index >= 15 is 0 Å². The van der Waals surface area contributed by atoms with E-state index in [1.54, 1.807) is 0 Å². The summed E-state index contributed by atoms with van der Waals surface area (Å²) in [7, 11) is 0. The summed E-state index contributed by atoms with van der Waals surface area (Å²) < 4.78 is 0. The first-order valence-corrected chi connectivity index (χ1v) is 11.3. The van der Waals surface area contributed by atoms with E-state index in [4.69, 9.17) is 0 Å². The van der Waals surface area contributed by atoms with Gasteiger partial charge in [0.15, 0.2) is 11.6 Å². The van der Waals surface area contributed by atoms with Gasteiger partial charge in [0.1, 0.15) is 0 Å². The van der Waals surface area contributed by atoms with Crippen LogP contribution in [0.15, 0.2) is 77.1 Å². The van der Waals surface area contributed by atoms with Crippen LogP contribution < -0.4 is 4.90 Å². The maximum Gasteiger partial charge on any atom is 0.162 e. The average molecular weight is 412 g/mol. The molecule has 1 heterocycles. The van der Waals surface area contributed by atoms with Gasteiger partial charge in [0.2, 0.25) is 0 Å². The summed E-state index contributed by atoms with van der Waals surface area (Å²) in [4.78, 5) is 29.2. The zero-order valence-corrected chi connectivity index (χ0v) is 18.6. The van der Waals surface area contributed by atoms with Crippen molar-refractivity contribution >= 4 is 17.3 Å². The molecule has 3 heteroatoms. The van der Waals surface area contributed by atoms with Crippen LogP contribution in [0.1, 0.15) is 63.0 Å². The molecule has 158 valence electrons. The molecule has 0 aromatic heterocycles. The lowest BCUT2D eigenvalue weighted by atomic mass is 9.66. The molecule has 0 saturated carbocycles. The minimum Gasteiger partial charge on any atom is -0.317 e. The number of hydrogen-bond acceptors (Lipinski definition) is 3. The molecule has 1 atom stereocenters. The predicted octanol–water partition coefficient (Wildman–Crippen LogP) is 6.25. The second-order valence-electron chi connectivity index (χ2n) is 9.95. The molecule has 0 radical (unpaired) electrons. The third-order valence-electron chi connectivity index (χ3n) is 6.87. The van der Waals surface area contributed by atoms with E-state index < -0.39 is 0 Å². The summed E-state index contributed by atoms with van der Waals surface area (Å²) >= 11 is 0. The Balaban J connectivity index is 1.80. The fourth-order valence-electron chi connectivity index (χ4n) is 5.52. The topological polar surface area (TPSA) is 37.4 Å². The molecule has 3 nitrogen and oxygen atoms in total. The highest BCUT2D eigenvalue weighted by Gasteiger charge is 2.46. The fourth-order valence-corrected chi connectivity index (χ4v) is 5.52. The lowest BCUT2D eigenvalue weighted by molar-refractivity contribution is -0.118. The van der Waals surface area contributed by atoms with Crippen molar-refractivity contribution in [1.29, 1.82) is 0 Å². The van der Waals surface area contributed by atoms with Crippen molar-refractivity contribution in [2.24, 2.45) is 5.41 Å². The van der Waals surface area contributed by atoms with Crippen LogP contribution in [0.3, 0.4) is 0 Å². The number of hydrogen-bond donors (Lipinski definition) is 0. The van der Waals surface area contributed by atoms with Crippen molar-refractivity contribution in [3.63, 3.8) is 0 Å². The third kappa shape index (κ3) is 3.37. The van der Waals surface area contributed by atoms with E-state index in [2.05, 4.69) is 62.1 Å². The van der Waals surface area contributed by atoms with Crippen molar-refractivity contribution in [2.75, 3.05) is 4.90 Å². The van der Waals surface area contributed by atoms with Gasteiger partial charge in [-0.25, -0.2) is 0 Å². The van der Waals surface area contributed by atoms with Gasteiger partial charge >= 0.3 is 0 Å². The number of carbonyl (C=O) groups is 2. The first kappa shape index (κ1) is 20.0. The smallest absolute Gasteiger partial charge is 0.162 e. The first-order chi connectivity index (χ1) is 14.9. The van der Waals surface area contributed by atoms with Crippen molar-refractivity contribution in [3.05, 3.63) is 88.3 Å². The highest BCUT2D eigenvalue weighted by Crippen LogP contribution is 2.53. The maximum absolute atomic E-state index is 13.6. The number of rotatable bonds is 2. The molecule has 0 N–H and O–H groups in total. The monoisotopic (exact) mass is 411 g/mol. The van der Waals surface area contributed by atoms with Crippen LogP contribution in [0.25, 0.3) is 0 Å². The summed E-state index contributed by atoms with van der Waals surface area (Å²) in [6.07, 6.45) is 3.64. The third-order valence-corrected chi connectivity index (χ3v) is 6.87. The van der Waals surface area contributed by atoms with E-state index in [1.165, 1.54) is 5.56 Å². The Morgan fingerprint density at radius 2 is 1.48 bits per heavy atom. The highest BCUT2D eigenvalue weighted by molar-refractivity contribution is 6.08. The zero-order chi connectivity index (χ0) is 21.8. The number of allylic oxidation sites excluding steroid dienone is 4. The fraction of sp³-hybridized carbons (Fsp3) is 0.357. The Labute approximate surface area is 184 Å². The van der Waals surface area contributed by atoms with Crippen molar-refractivity contribution < 1.29 is 9.59 Å². The standard InChI is InChI=1S/C28H29NO2/c1-18-12-14-19(15-13-18)25-26-21(10-7-11-23(26)30)29(20-8-5-4-6-9-20)22-16-28(2,3)17-24(31)27(22)25/h4-6,8-9,12-15,25H,7,10-11,16-17H2,1-3H3. The minimum atomic E-state index is -0.248. The molecular weight excluding hydrogens is 382 g/mol. The van der Waals surface area contributed by atoms with Crippen molar-refractivity contribution in [1.82, 2.24) is 0 Å². The molecule has 5 rings (SSSR count). The van der Waals surface area contributed by atoms with Gasteiger partial charge in [0.25, 0.3) is 0 Å². The quantitative estimate of drug-likeness (QED) is 0.586. The molecule has 1 aliphatic heterocycles. The lowest BCUT2D eigenvalue weighted by Gasteiger charge is -2.47. The molecule has 2 aromatic carbocycles. The van der Waals surface area contributed by atoms with Crippen LogP contribution in [0.4, 0.5) is 5.69 Å². The lowest BCUT2D eigenvalue weighted by Crippen LogP contribution is -2.42. The van der Waals surface area contributed by atoms with Crippen LogP contribution in [0.2, 0.25) is 0 Å². The summed E-state index contributed by atoms with van der Waals surface area (Å²) in [6.45, 7) is 6.42. The molecule has 3 aliphatic rings. The number of aryl methyl sites for hydroxylation is 1. The molecule has 0 spiro atoms. The molecule has 1 unspecified atom stereocenters. The predicted molar refractivity (Wildman–Crippen MR) is 124 cm³/mol. The SMILES string of the molecule is Cc1ccc(C2C3=C(CCCC3=O)N(c3ccccc3)C3=C2C(=O)CC(C)(C)C3)cc1. The number of benzene rings is 2. The summed E-state index contributed by atoms with van der Waals surface area (Å²) in [5.74, 6) is 0.126. The van der Waals surface area contributed by atoms with Gasteiger partial charge in [-0.05, 0) is 49.3 Å². The normalized spacial score (nSPS) is 23.1. The van der Waals surface area contributed by atoms with Gasteiger partial charge in [0, 0.05) is 47.0 Å². The van der Waals surface area contributed by atoms with Gasteiger partial charge in [-0.15, -0.1) is 0 Å². The van der Waals surface area contributed by atoms with Crippen LogP contribution in [0, 0.1) is 12.3 Å². The largest absolute Gasteiger partial charge is 0.317 e. The number of anilines is 1. The Bertz CT molecular complexity index is 1120. The summed E-state index contributed by atoms with van der Waals surface area (Å²) in [6, 6.07) is 18.6. The molecular formula is C28H29NO2. The van der Waals surface area contributed by atoms with Crippen LogP contribution in [-0.2, 0) is 9.59 Å². The van der Waals surface area contributed by atoms with E-state index in [-0.39, 0.29) is 22.9 Å². The average Bonchev–Trinajstić information content (AvgIpc) is 2.73. The molecule has 31 heavy (non-hydrogen) atoms. The van der Waals surface area contributed by atoms with Gasteiger partial charge in [-0.1, -0.05) is 61.9 Å². The number of para-hydroxylation sites is 1. The Kier molecular flexibility index (Phi) is 4.73. The number of ketones is 2. The van der Waals surface area contributed by atoms with Gasteiger partial charge < -0.3 is 4.90 Å². The Hall–Kier alpha value is -2.94. The first-order valence-electron chi connectivity index (χ1n) is 11.3. The molecule has 0 amide bonds. The van der Waals surface area contributed by atoms with Gasteiger partial charge in [-0.3, -0.25) is 9.59 Å². The summed E-state index contributed by atoms with van der Waals surface area (Å²) in [5, 5.41) is 0. The second kappa shape index (κ2) is 7.33. The zero-order valence-electron chi connectivity index (χ0n) is 18.6. The van der Waals surface area contributed by atoms with Gasteiger partial charge in [-0.2, -0.15) is 0 Å². The van der Waals surface area contributed by atoms with Crippen LogP contribution in [0.5, 0.6) is 0 Å². The Morgan fingerprint density at radius 1 is 0.806 bits per heavy atom. The van der Waals surface area contributed by atoms with Crippen LogP contribution >= 0.6 is 0 Å². The number of carbonyl (C=O) groups excluding carboxylic acids is 2. The van der Waals surface area contributed by atoms with E-state index in [1.807, 2.05) is 18.2 Å².